The number of hydrogen-bond acceptors (Lipinski definition) is 4. The zero-order valence-corrected chi connectivity index (χ0v) is 11.7. The number of pyridine rings is 1. The van der Waals surface area contributed by atoms with E-state index in [1.54, 1.807) is 0 Å². The van der Waals surface area contributed by atoms with Gasteiger partial charge in [0.2, 0.25) is 5.91 Å². The number of aromatic nitrogens is 1. The van der Waals surface area contributed by atoms with Crippen molar-refractivity contribution in [3.8, 4) is 0 Å². The minimum absolute atomic E-state index is 0.227. The first-order valence-corrected chi connectivity index (χ1v) is 6.79. The molecule has 1 aromatic rings. The Morgan fingerprint density at radius 2 is 2.16 bits per heavy atom. The van der Waals surface area contributed by atoms with Crippen molar-refractivity contribution < 1.29 is 4.79 Å². The summed E-state index contributed by atoms with van der Waals surface area (Å²) >= 11 is 0. The highest BCUT2D eigenvalue weighted by atomic mass is 16.2. The summed E-state index contributed by atoms with van der Waals surface area (Å²) in [7, 11) is 3.81. The molecule has 0 bridgehead atoms. The number of amides is 1. The molecule has 1 aromatic heterocycles. The number of likely N-dealkylation sites (N-methyl/N-ethyl adjacent to an activating group) is 1. The van der Waals surface area contributed by atoms with Gasteiger partial charge in [0.25, 0.3) is 0 Å². The third-order valence-electron chi connectivity index (χ3n) is 3.36. The van der Waals surface area contributed by atoms with E-state index in [0.29, 0.717) is 13.1 Å². The van der Waals surface area contributed by atoms with Crippen molar-refractivity contribution in [2.75, 3.05) is 39.0 Å². The van der Waals surface area contributed by atoms with Crippen LogP contribution in [0.1, 0.15) is 18.5 Å². The number of hydrogen-bond donors (Lipinski definition) is 1. The molecule has 0 aliphatic carbocycles. The Balaban J connectivity index is 1.85. The Morgan fingerprint density at radius 1 is 1.42 bits per heavy atom. The van der Waals surface area contributed by atoms with Crippen LogP contribution in [0.2, 0.25) is 0 Å². The Bertz CT molecular complexity index is 429. The zero-order valence-electron chi connectivity index (χ0n) is 11.7. The van der Waals surface area contributed by atoms with Gasteiger partial charge in [0.1, 0.15) is 5.82 Å². The van der Waals surface area contributed by atoms with Gasteiger partial charge in [0.15, 0.2) is 0 Å². The van der Waals surface area contributed by atoms with E-state index in [1.165, 1.54) is 0 Å². The van der Waals surface area contributed by atoms with Crippen LogP contribution in [0.15, 0.2) is 18.2 Å². The molecular weight excluding hydrogens is 240 g/mol. The summed E-state index contributed by atoms with van der Waals surface area (Å²) in [6, 6.07) is 5.89. The summed E-state index contributed by atoms with van der Waals surface area (Å²) in [5.41, 5.74) is 0.976. The van der Waals surface area contributed by atoms with E-state index in [4.69, 9.17) is 0 Å². The highest BCUT2D eigenvalue weighted by Crippen LogP contribution is 2.09. The van der Waals surface area contributed by atoms with Crippen LogP contribution in [0.4, 0.5) is 5.82 Å². The standard InChI is InChI=1S/C14H22N4O/c1-15-13-7-5-6-12(16-13)10-17(2)11-14(19)18-8-3-4-9-18/h5-7H,3-4,8-11H2,1-2H3,(H,15,16). The second-order valence-electron chi connectivity index (χ2n) is 5.02. The zero-order chi connectivity index (χ0) is 13.7. The molecule has 5 nitrogen and oxygen atoms in total. The molecule has 104 valence electrons. The fourth-order valence-corrected chi connectivity index (χ4v) is 2.34. The van der Waals surface area contributed by atoms with Crippen LogP contribution in [-0.2, 0) is 11.3 Å². The fraction of sp³-hybridized carbons (Fsp3) is 0.571. The van der Waals surface area contributed by atoms with E-state index in [1.807, 2.05) is 42.1 Å². The molecule has 19 heavy (non-hydrogen) atoms. The van der Waals surface area contributed by atoms with Crippen LogP contribution in [0, 0.1) is 0 Å². The van der Waals surface area contributed by atoms with Gasteiger partial charge in [-0.2, -0.15) is 0 Å². The molecule has 1 saturated heterocycles. The van der Waals surface area contributed by atoms with Crippen molar-refractivity contribution in [1.82, 2.24) is 14.8 Å². The smallest absolute Gasteiger partial charge is 0.236 e. The topological polar surface area (TPSA) is 48.5 Å². The summed E-state index contributed by atoms with van der Waals surface area (Å²) < 4.78 is 0. The first-order valence-electron chi connectivity index (χ1n) is 6.79. The maximum absolute atomic E-state index is 12.0. The number of nitrogens with zero attached hydrogens (tertiary/aromatic N) is 3. The molecule has 1 aliphatic heterocycles. The van der Waals surface area contributed by atoms with Gasteiger partial charge in [0.05, 0.1) is 12.2 Å². The quantitative estimate of drug-likeness (QED) is 0.865. The van der Waals surface area contributed by atoms with Crippen molar-refractivity contribution in [3.05, 3.63) is 23.9 Å². The van der Waals surface area contributed by atoms with E-state index in [9.17, 15) is 4.79 Å². The SMILES string of the molecule is CNc1cccc(CN(C)CC(=O)N2CCCC2)n1. The number of carbonyl (C=O) groups excluding carboxylic acids is 1. The molecule has 1 fully saturated rings. The third-order valence-corrected chi connectivity index (χ3v) is 3.36. The molecule has 0 saturated carbocycles. The number of carbonyl (C=O) groups is 1. The summed E-state index contributed by atoms with van der Waals surface area (Å²) in [6.07, 6.45) is 2.28. The lowest BCUT2D eigenvalue weighted by atomic mass is 10.3. The van der Waals surface area contributed by atoms with Crippen molar-refractivity contribution in [1.29, 1.82) is 0 Å². The Kier molecular flexibility index (Phi) is 4.74. The van der Waals surface area contributed by atoms with Crippen LogP contribution < -0.4 is 5.32 Å². The molecule has 2 rings (SSSR count). The summed E-state index contributed by atoms with van der Waals surface area (Å²) in [5, 5.41) is 3.02. The molecule has 1 amide bonds. The van der Waals surface area contributed by atoms with Crippen LogP contribution >= 0.6 is 0 Å². The maximum atomic E-state index is 12.0. The van der Waals surface area contributed by atoms with Crippen molar-refractivity contribution in [2.45, 2.75) is 19.4 Å². The number of likely N-dealkylation sites (tertiary alicyclic amines) is 1. The van der Waals surface area contributed by atoms with E-state index >= 15 is 0 Å². The van der Waals surface area contributed by atoms with Gasteiger partial charge >= 0.3 is 0 Å². The largest absolute Gasteiger partial charge is 0.373 e. The van der Waals surface area contributed by atoms with Crippen LogP contribution in [0.3, 0.4) is 0 Å². The average Bonchev–Trinajstić information content (AvgIpc) is 2.92. The first kappa shape index (κ1) is 13.8. The Labute approximate surface area is 114 Å². The van der Waals surface area contributed by atoms with Gasteiger partial charge in [-0.15, -0.1) is 0 Å². The Hall–Kier alpha value is -1.62. The summed E-state index contributed by atoms with van der Waals surface area (Å²) in [6.45, 7) is 2.99. The monoisotopic (exact) mass is 262 g/mol. The minimum Gasteiger partial charge on any atom is -0.373 e. The highest BCUT2D eigenvalue weighted by molar-refractivity contribution is 5.78. The molecule has 1 N–H and O–H groups in total. The number of anilines is 1. The van der Waals surface area contributed by atoms with Gasteiger partial charge in [-0.1, -0.05) is 6.07 Å². The normalized spacial score (nSPS) is 15.0. The minimum atomic E-state index is 0.227. The number of rotatable bonds is 5. The molecule has 0 spiro atoms. The summed E-state index contributed by atoms with van der Waals surface area (Å²) in [5.74, 6) is 1.08. The number of nitrogens with one attached hydrogen (secondary N) is 1. The van der Waals surface area contributed by atoms with Gasteiger partial charge in [0, 0.05) is 26.7 Å². The van der Waals surface area contributed by atoms with E-state index in [0.717, 1.165) is 37.4 Å². The van der Waals surface area contributed by atoms with Crippen LogP contribution in [0.25, 0.3) is 0 Å². The predicted octanol–water partition coefficient (Wildman–Crippen LogP) is 1.18. The molecule has 0 radical (unpaired) electrons. The van der Waals surface area contributed by atoms with E-state index in [-0.39, 0.29) is 5.91 Å². The fourth-order valence-electron chi connectivity index (χ4n) is 2.34. The van der Waals surface area contributed by atoms with Gasteiger partial charge in [-0.3, -0.25) is 9.69 Å². The van der Waals surface area contributed by atoms with E-state index < -0.39 is 0 Å². The lowest BCUT2D eigenvalue weighted by Gasteiger charge is -2.21. The van der Waals surface area contributed by atoms with E-state index in [2.05, 4.69) is 10.3 Å². The second-order valence-corrected chi connectivity index (χ2v) is 5.02. The molecule has 1 aliphatic rings. The predicted molar refractivity (Wildman–Crippen MR) is 75.9 cm³/mol. The first-order chi connectivity index (χ1) is 9.19. The van der Waals surface area contributed by atoms with Gasteiger partial charge in [-0.05, 0) is 32.0 Å². The molecule has 0 atom stereocenters. The summed E-state index contributed by atoms with van der Waals surface area (Å²) in [4.78, 5) is 20.4. The lowest BCUT2D eigenvalue weighted by molar-refractivity contribution is -0.131. The lowest BCUT2D eigenvalue weighted by Crippen LogP contribution is -2.37. The van der Waals surface area contributed by atoms with Crippen molar-refractivity contribution in [2.24, 2.45) is 0 Å². The molecule has 0 unspecified atom stereocenters. The van der Waals surface area contributed by atoms with Crippen LogP contribution in [0.5, 0.6) is 0 Å². The van der Waals surface area contributed by atoms with Gasteiger partial charge < -0.3 is 10.2 Å². The second kappa shape index (κ2) is 6.52. The van der Waals surface area contributed by atoms with Crippen molar-refractivity contribution >= 4 is 11.7 Å². The van der Waals surface area contributed by atoms with Gasteiger partial charge in [-0.25, -0.2) is 4.98 Å². The molecule has 0 aromatic carbocycles. The molecular formula is C14H22N4O. The maximum Gasteiger partial charge on any atom is 0.236 e. The molecule has 5 heteroatoms. The van der Waals surface area contributed by atoms with Crippen LogP contribution in [-0.4, -0.2) is 54.4 Å². The molecule has 2 heterocycles. The average molecular weight is 262 g/mol. The third kappa shape index (κ3) is 3.92. The van der Waals surface area contributed by atoms with Crippen molar-refractivity contribution in [3.63, 3.8) is 0 Å². The highest BCUT2D eigenvalue weighted by Gasteiger charge is 2.19. The Morgan fingerprint density at radius 3 is 2.84 bits per heavy atom.